The van der Waals surface area contributed by atoms with E-state index >= 15 is 0 Å². The SMILES string of the molecule is COc1cc(N)ccc1CN1CCCC1CCCO. The second kappa shape index (κ2) is 6.78. The van der Waals surface area contributed by atoms with Crippen molar-refractivity contribution < 1.29 is 9.84 Å². The van der Waals surface area contributed by atoms with Crippen LogP contribution >= 0.6 is 0 Å². The van der Waals surface area contributed by atoms with Crippen molar-refractivity contribution >= 4 is 5.69 Å². The van der Waals surface area contributed by atoms with Crippen molar-refractivity contribution in [3.8, 4) is 5.75 Å². The molecular weight excluding hydrogens is 240 g/mol. The molecule has 0 radical (unpaired) electrons. The minimum atomic E-state index is 0.287. The zero-order valence-electron chi connectivity index (χ0n) is 11.6. The summed E-state index contributed by atoms with van der Waals surface area (Å²) in [6.45, 7) is 2.32. The van der Waals surface area contributed by atoms with Gasteiger partial charge in [0.15, 0.2) is 0 Å². The van der Waals surface area contributed by atoms with Crippen LogP contribution in [0.2, 0.25) is 0 Å². The van der Waals surface area contributed by atoms with E-state index in [4.69, 9.17) is 15.6 Å². The molecule has 1 saturated heterocycles. The van der Waals surface area contributed by atoms with Gasteiger partial charge in [-0.1, -0.05) is 6.07 Å². The van der Waals surface area contributed by atoms with E-state index in [9.17, 15) is 0 Å². The number of hydrogen-bond donors (Lipinski definition) is 2. The van der Waals surface area contributed by atoms with Gasteiger partial charge in [-0.05, 0) is 38.3 Å². The zero-order valence-corrected chi connectivity index (χ0v) is 11.6. The van der Waals surface area contributed by atoms with Crippen molar-refractivity contribution in [3.63, 3.8) is 0 Å². The van der Waals surface area contributed by atoms with E-state index in [1.165, 1.54) is 18.4 Å². The number of benzene rings is 1. The van der Waals surface area contributed by atoms with Crippen molar-refractivity contribution in [1.29, 1.82) is 0 Å². The summed E-state index contributed by atoms with van der Waals surface area (Å²) in [4.78, 5) is 2.49. The summed E-state index contributed by atoms with van der Waals surface area (Å²) in [6, 6.07) is 6.45. The van der Waals surface area contributed by atoms with Gasteiger partial charge in [0.25, 0.3) is 0 Å². The topological polar surface area (TPSA) is 58.7 Å². The fourth-order valence-electron chi connectivity index (χ4n) is 2.87. The number of aliphatic hydroxyl groups excluding tert-OH is 1. The predicted octanol–water partition coefficient (Wildman–Crippen LogP) is 2.01. The molecule has 0 aliphatic carbocycles. The Hall–Kier alpha value is -1.26. The van der Waals surface area contributed by atoms with Crippen LogP contribution < -0.4 is 10.5 Å². The lowest BCUT2D eigenvalue weighted by atomic mass is 10.1. The molecule has 19 heavy (non-hydrogen) atoms. The van der Waals surface area contributed by atoms with Gasteiger partial charge in [0, 0.05) is 36.5 Å². The number of hydrogen-bond acceptors (Lipinski definition) is 4. The summed E-state index contributed by atoms with van der Waals surface area (Å²) >= 11 is 0. The molecule has 1 aromatic carbocycles. The molecule has 0 amide bonds. The van der Waals surface area contributed by atoms with Crippen molar-refractivity contribution in [2.45, 2.75) is 38.3 Å². The van der Waals surface area contributed by atoms with Gasteiger partial charge in [-0.15, -0.1) is 0 Å². The van der Waals surface area contributed by atoms with E-state index in [-0.39, 0.29) is 6.61 Å². The summed E-state index contributed by atoms with van der Waals surface area (Å²) in [5.74, 6) is 0.868. The lowest BCUT2D eigenvalue weighted by molar-refractivity contribution is 0.208. The summed E-state index contributed by atoms with van der Waals surface area (Å²) in [5, 5.41) is 8.96. The van der Waals surface area contributed by atoms with Crippen LogP contribution in [0.3, 0.4) is 0 Å². The maximum absolute atomic E-state index is 8.96. The number of likely N-dealkylation sites (tertiary alicyclic amines) is 1. The van der Waals surface area contributed by atoms with Crippen molar-refractivity contribution in [2.75, 3.05) is 26.0 Å². The number of nitrogens with zero attached hydrogens (tertiary/aromatic N) is 1. The van der Waals surface area contributed by atoms with Gasteiger partial charge in [-0.25, -0.2) is 0 Å². The third-order valence-electron chi connectivity index (χ3n) is 3.88. The predicted molar refractivity (Wildman–Crippen MR) is 77.2 cm³/mol. The van der Waals surface area contributed by atoms with Crippen LogP contribution in [-0.2, 0) is 6.54 Å². The minimum Gasteiger partial charge on any atom is -0.496 e. The summed E-state index contributed by atoms with van der Waals surface area (Å²) in [7, 11) is 1.69. The second-order valence-electron chi connectivity index (χ2n) is 5.20. The maximum atomic E-state index is 8.96. The fourth-order valence-corrected chi connectivity index (χ4v) is 2.87. The molecule has 4 nitrogen and oxygen atoms in total. The van der Waals surface area contributed by atoms with Gasteiger partial charge in [0.2, 0.25) is 0 Å². The van der Waals surface area contributed by atoms with Gasteiger partial charge in [0.1, 0.15) is 5.75 Å². The lowest BCUT2D eigenvalue weighted by Crippen LogP contribution is -2.29. The normalized spacial score (nSPS) is 19.8. The summed E-state index contributed by atoms with van der Waals surface area (Å²) in [5.41, 5.74) is 7.71. The van der Waals surface area contributed by atoms with E-state index in [0.29, 0.717) is 6.04 Å². The van der Waals surface area contributed by atoms with Gasteiger partial charge >= 0.3 is 0 Å². The van der Waals surface area contributed by atoms with Gasteiger partial charge in [-0.3, -0.25) is 4.90 Å². The van der Waals surface area contributed by atoms with E-state index in [1.807, 2.05) is 12.1 Å². The lowest BCUT2D eigenvalue weighted by Gasteiger charge is -2.25. The van der Waals surface area contributed by atoms with Crippen LogP contribution in [0.15, 0.2) is 18.2 Å². The molecule has 1 aliphatic heterocycles. The third kappa shape index (κ3) is 3.61. The Labute approximate surface area is 115 Å². The minimum absolute atomic E-state index is 0.287. The molecule has 0 spiro atoms. The molecule has 2 rings (SSSR count). The number of aliphatic hydroxyl groups is 1. The van der Waals surface area contributed by atoms with E-state index in [2.05, 4.69) is 11.0 Å². The average molecular weight is 264 g/mol. The smallest absolute Gasteiger partial charge is 0.125 e. The molecule has 1 fully saturated rings. The van der Waals surface area contributed by atoms with Crippen molar-refractivity contribution in [3.05, 3.63) is 23.8 Å². The Bertz CT molecular complexity index is 409. The number of methoxy groups -OCH3 is 1. The highest BCUT2D eigenvalue weighted by atomic mass is 16.5. The zero-order chi connectivity index (χ0) is 13.7. The van der Waals surface area contributed by atoms with Crippen molar-refractivity contribution in [1.82, 2.24) is 4.90 Å². The number of rotatable bonds is 6. The Morgan fingerprint density at radius 3 is 3.05 bits per heavy atom. The molecular formula is C15H24N2O2. The average Bonchev–Trinajstić information content (AvgIpc) is 2.85. The third-order valence-corrected chi connectivity index (χ3v) is 3.88. The molecule has 3 N–H and O–H groups in total. The first-order valence-corrected chi connectivity index (χ1v) is 7.02. The highest BCUT2D eigenvalue weighted by Gasteiger charge is 2.24. The molecule has 4 heteroatoms. The molecule has 1 atom stereocenters. The Balaban J connectivity index is 2.03. The number of nitrogens with two attached hydrogens (primary N) is 1. The van der Waals surface area contributed by atoms with E-state index < -0.39 is 0 Å². The molecule has 0 aromatic heterocycles. The molecule has 0 saturated carbocycles. The molecule has 1 aromatic rings. The van der Waals surface area contributed by atoms with Crippen LogP contribution in [0.4, 0.5) is 5.69 Å². The van der Waals surface area contributed by atoms with Crippen molar-refractivity contribution in [2.24, 2.45) is 0 Å². The number of nitrogen functional groups attached to an aromatic ring is 1. The Morgan fingerprint density at radius 1 is 1.47 bits per heavy atom. The first kappa shape index (κ1) is 14.2. The highest BCUT2D eigenvalue weighted by molar-refractivity contribution is 5.48. The monoisotopic (exact) mass is 264 g/mol. The van der Waals surface area contributed by atoms with E-state index in [1.54, 1.807) is 7.11 Å². The highest BCUT2D eigenvalue weighted by Crippen LogP contribution is 2.28. The molecule has 106 valence electrons. The maximum Gasteiger partial charge on any atom is 0.125 e. The summed E-state index contributed by atoms with van der Waals surface area (Å²) < 4.78 is 5.41. The first-order chi connectivity index (χ1) is 9.24. The quantitative estimate of drug-likeness (QED) is 0.772. The van der Waals surface area contributed by atoms with Crippen LogP contribution in [-0.4, -0.2) is 36.3 Å². The van der Waals surface area contributed by atoms with Crippen LogP contribution in [0, 0.1) is 0 Å². The second-order valence-corrected chi connectivity index (χ2v) is 5.20. The number of anilines is 1. The Morgan fingerprint density at radius 2 is 2.32 bits per heavy atom. The largest absolute Gasteiger partial charge is 0.496 e. The van der Waals surface area contributed by atoms with Gasteiger partial charge in [-0.2, -0.15) is 0 Å². The van der Waals surface area contributed by atoms with Gasteiger partial charge in [0.05, 0.1) is 7.11 Å². The summed E-state index contributed by atoms with van der Waals surface area (Å²) in [6.07, 6.45) is 4.44. The fraction of sp³-hybridized carbons (Fsp3) is 0.600. The van der Waals surface area contributed by atoms with Crippen LogP contribution in [0.1, 0.15) is 31.2 Å². The Kier molecular flexibility index (Phi) is 5.05. The first-order valence-electron chi connectivity index (χ1n) is 7.02. The molecule has 1 aliphatic rings. The van der Waals surface area contributed by atoms with E-state index in [0.717, 1.165) is 37.4 Å². The molecule has 1 heterocycles. The molecule has 0 bridgehead atoms. The van der Waals surface area contributed by atoms with Crippen LogP contribution in [0.5, 0.6) is 5.75 Å². The van der Waals surface area contributed by atoms with Gasteiger partial charge < -0.3 is 15.6 Å². The standard InChI is InChI=1S/C15H24N2O2/c1-19-15-10-13(16)7-6-12(15)11-17-8-2-4-14(17)5-3-9-18/h6-7,10,14,18H,2-5,8-9,11,16H2,1H3. The van der Waals surface area contributed by atoms with Crippen LogP contribution in [0.25, 0.3) is 0 Å². The molecule has 1 unspecified atom stereocenters. The number of ether oxygens (including phenoxy) is 1.